The summed E-state index contributed by atoms with van der Waals surface area (Å²) in [7, 11) is 0. The average Bonchev–Trinajstić information content (AvgIpc) is 3.10. The van der Waals surface area contributed by atoms with Gasteiger partial charge in [0.15, 0.2) is 0 Å². The van der Waals surface area contributed by atoms with Gasteiger partial charge >= 0.3 is 0 Å². The molecule has 3 rings (SSSR count). The van der Waals surface area contributed by atoms with Gasteiger partial charge in [0.1, 0.15) is 0 Å². The van der Waals surface area contributed by atoms with Gasteiger partial charge in [-0.15, -0.1) is 0 Å². The molecular weight excluding hydrogens is 350 g/mol. The van der Waals surface area contributed by atoms with Crippen molar-refractivity contribution in [2.75, 3.05) is 0 Å². The van der Waals surface area contributed by atoms with E-state index in [4.69, 9.17) is 22.7 Å². The zero-order chi connectivity index (χ0) is 18.5. The quantitative estimate of drug-likeness (QED) is 0.446. The Labute approximate surface area is 156 Å². The topological polar surface area (TPSA) is 98.5 Å². The van der Waals surface area contributed by atoms with Gasteiger partial charge in [-0.3, -0.25) is 20.6 Å². The SMILES string of the molecule is NC(=[NH2+])c1ccc(CNC(=O)c2cnn(Cc3ccccc3Cl)c2)cc1. The van der Waals surface area contributed by atoms with Crippen molar-refractivity contribution in [1.82, 2.24) is 15.1 Å². The van der Waals surface area contributed by atoms with Crippen LogP contribution >= 0.6 is 11.6 Å². The largest absolute Gasteiger partial charge is 0.348 e. The number of rotatable bonds is 6. The van der Waals surface area contributed by atoms with Crippen LogP contribution in [-0.2, 0) is 13.1 Å². The van der Waals surface area contributed by atoms with Crippen LogP contribution in [0.25, 0.3) is 0 Å². The van der Waals surface area contributed by atoms with Crippen LogP contribution in [0.3, 0.4) is 0 Å². The van der Waals surface area contributed by atoms with Gasteiger partial charge in [0.05, 0.1) is 23.9 Å². The molecule has 3 aromatic rings. The Morgan fingerprint density at radius 3 is 2.58 bits per heavy atom. The predicted molar refractivity (Wildman–Crippen MR) is 101 cm³/mol. The summed E-state index contributed by atoms with van der Waals surface area (Å²) in [5, 5.41) is 13.3. The normalized spacial score (nSPS) is 10.5. The number of hydrogen-bond donors (Lipinski definition) is 3. The third kappa shape index (κ3) is 4.29. The van der Waals surface area contributed by atoms with E-state index in [2.05, 4.69) is 10.4 Å². The van der Waals surface area contributed by atoms with Crippen molar-refractivity contribution in [2.24, 2.45) is 5.73 Å². The molecule has 1 heterocycles. The van der Waals surface area contributed by atoms with Crippen LogP contribution in [0.5, 0.6) is 0 Å². The van der Waals surface area contributed by atoms with Gasteiger partial charge in [-0.25, -0.2) is 0 Å². The first-order valence-electron chi connectivity index (χ1n) is 8.04. The smallest absolute Gasteiger partial charge is 0.270 e. The molecule has 0 bridgehead atoms. The summed E-state index contributed by atoms with van der Waals surface area (Å²) in [6.45, 7) is 0.907. The molecule has 0 saturated carbocycles. The Balaban J connectivity index is 1.59. The molecule has 0 spiro atoms. The third-order valence-corrected chi connectivity index (χ3v) is 4.29. The molecule has 0 fully saturated rings. The summed E-state index contributed by atoms with van der Waals surface area (Å²) < 4.78 is 1.69. The molecule has 0 atom stereocenters. The van der Waals surface area contributed by atoms with Crippen LogP contribution in [0.1, 0.15) is 27.0 Å². The van der Waals surface area contributed by atoms with E-state index >= 15 is 0 Å². The zero-order valence-corrected chi connectivity index (χ0v) is 14.8. The number of amidine groups is 1. The second kappa shape index (κ2) is 7.84. The lowest BCUT2D eigenvalue weighted by atomic mass is 10.1. The molecule has 6 nitrogen and oxygen atoms in total. The van der Waals surface area contributed by atoms with E-state index in [-0.39, 0.29) is 11.7 Å². The standard InChI is InChI=1S/C19H18ClN5O/c20-17-4-2-1-3-15(17)11-25-12-16(10-24-25)19(26)23-9-13-5-7-14(8-6-13)18(21)22/h1-8,10,12H,9,11H2,(H3,21,22)(H,23,26)/p+1. The number of benzene rings is 2. The van der Waals surface area contributed by atoms with Crippen LogP contribution in [0.4, 0.5) is 0 Å². The predicted octanol–water partition coefficient (Wildman–Crippen LogP) is 0.979. The molecule has 132 valence electrons. The molecular formula is C19H19ClN5O+. The fourth-order valence-electron chi connectivity index (χ4n) is 2.47. The minimum atomic E-state index is -0.190. The number of amides is 1. The Hall–Kier alpha value is -3.12. The first-order valence-corrected chi connectivity index (χ1v) is 8.42. The van der Waals surface area contributed by atoms with E-state index in [0.717, 1.165) is 16.7 Å². The highest BCUT2D eigenvalue weighted by Crippen LogP contribution is 2.16. The van der Waals surface area contributed by atoms with E-state index in [1.807, 2.05) is 48.5 Å². The van der Waals surface area contributed by atoms with Crippen molar-refractivity contribution in [2.45, 2.75) is 13.1 Å². The summed E-state index contributed by atoms with van der Waals surface area (Å²) in [6, 6.07) is 14.9. The summed E-state index contributed by atoms with van der Waals surface area (Å²) in [5.74, 6) is 0.0795. The van der Waals surface area contributed by atoms with Crippen LogP contribution in [0.15, 0.2) is 60.9 Å². The molecule has 0 aliphatic heterocycles. The van der Waals surface area contributed by atoms with E-state index < -0.39 is 0 Å². The summed E-state index contributed by atoms with van der Waals surface area (Å²) in [5.41, 5.74) is 8.69. The number of aromatic nitrogens is 2. The molecule has 0 aliphatic rings. The van der Waals surface area contributed by atoms with Crippen LogP contribution in [-0.4, -0.2) is 21.5 Å². The minimum absolute atomic E-state index is 0.190. The molecule has 7 heteroatoms. The summed E-state index contributed by atoms with van der Waals surface area (Å²) >= 11 is 6.15. The molecule has 0 unspecified atom stereocenters. The Morgan fingerprint density at radius 2 is 1.88 bits per heavy atom. The van der Waals surface area contributed by atoms with Gasteiger partial charge in [-0.1, -0.05) is 41.9 Å². The van der Waals surface area contributed by atoms with Gasteiger partial charge < -0.3 is 5.32 Å². The highest BCUT2D eigenvalue weighted by Gasteiger charge is 2.10. The molecule has 5 N–H and O–H groups in total. The van der Waals surface area contributed by atoms with Crippen LogP contribution in [0.2, 0.25) is 5.02 Å². The Kier molecular flexibility index (Phi) is 5.34. The Morgan fingerprint density at radius 1 is 1.15 bits per heavy atom. The zero-order valence-electron chi connectivity index (χ0n) is 14.0. The molecule has 1 aromatic heterocycles. The highest BCUT2D eigenvalue weighted by atomic mass is 35.5. The lowest BCUT2D eigenvalue weighted by Gasteiger charge is -2.05. The molecule has 2 aromatic carbocycles. The number of halogens is 1. The molecule has 0 saturated heterocycles. The number of hydrogen-bond acceptors (Lipinski definition) is 2. The van der Waals surface area contributed by atoms with Gasteiger partial charge in [0.25, 0.3) is 11.7 Å². The van der Waals surface area contributed by atoms with Crippen molar-refractivity contribution in [1.29, 1.82) is 0 Å². The third-order valence-electron chi connectivity index (χ3n) is 3.93. The van der Waals surface area contributed by atoms with E-state index in [0.29, 0.717) is 23.7 Å². The monoisotopic (exact) mass is 368 g/mol. The fourth-order valence-corrected chi connectivity index (χ4v) is 2.66. The minimum Gasteiger partial charge on any atom is -0.348 e. The van der Waals surface area contributed by atoms with Gasteiger partial charge in [0.2, 0.25) is 0 Å². The lowest BCUT2D eigenvalue weighted by Crippen LogP contribution is -2.46. The Bertz CT molecular complexity index is 933. The van der Waals surface area contributed by atoms with Gasteiger partial charge in [0, 0.05) is 17.8 Å². The number of nitrogens with zero attached hydrogens (tertiary/aromatic N) is 2. The first-order chi connectivity index (χ1) is 12.5. The second-order valence-corrected chi connectivity index (χ2v) is 6.26. The summed E-state index contributed by atoms with van der Waals surface area (Å²) in [4.78, 5) is 12.3. The van der Waals surface area contributed by atoms with Gasteiger partial charge in [-0.05, 0) is 29.3 Å². The van der Waals surface area contributed by atoms with Crippen molar-refractivity contribution in [3.8, 4) is 0 Å². The maximum Gasteiger partial charge on any atom is 0.270 e. The van der Waals surface area contributed by atoms with E-state index in [9.17, 15) is 4.79 Å². The molecule has 26 heavy (non-hydrogen) atoms. The van der Waals surface area contributed by atoms with Crippen LogP contribution < -0.4 is 16.5 Å². The number of carbonyl (C=O) groups excluding carboxylic acids is 1. The first kappa shape index (κ1) is 17.7. The van der Waals surface area contributed by atoms with Crippen molar-refractivity contribution >= 4 is 23.3 Å². The van der Waals surface area contributed by atoms with E-state index in [1.54, 1.807) is 17.1 Å². The van der Waals surface area contributed by atoms with E-state index in [1.165, 1.54) is 0 Å². The maximum absolute atomic E-state index is 12.3. The lowest BCUT2D eigenvalue weighted by molar-refractivity contribution is -0.114. The highest BCUT2D eigenvalue weighted by molar-refractivity contribution is 6.31. The number of nitrogens with two attached hydrogens (primary N) is 2. The maximum atomic E-state index is 12.3. The molecule has 0 radical (unpaired) electrons. The average molecular weight is 369 g/mol. The van der Waals surface area contributed by atoms with Crippen molar-refractivity contribution in [3.63, 3.8) is 0 Å². The van der Waals surface area contributed by atoms with Crippen molar-refractivity contribution < 1.29 is 10.2 Å². The second-order valence-electron chi connectivity index (χ2n) is 5.85. The fraction of sp³-hybridized carbons (Fsp3) is 0.105. The molecule has 0 aliphatic carbocycles. The number of carbonyl (C=O) groups is 1. The van der Waals surface area contributed by atoms with Crippen molar-refractivity contribution in [3.05, 3.63) is 88.2 Å². The summed E-state index contributed by atoms with van der Waals surface area (Å²) in [6.07, 6.45) is 3.24. The molecule has 1 amide bonds. The van der Waals surface area contributed by atoms with Crippen LogP contribution in [0, 0.1) is 0 Å². The number of nitrogens with one attached hydrogen (secondary N) is 1. The van der Waals surface area contributed by atoms with Gasteiger partial charge in [-0.2, -0.15) is 5.10 Å².